The molecule has 1 aliphatic carbocycles. The molecule has 0 saturated heterocycles. The van der Waals surface area contributed by atoms with Gasteiger partial charge in [0.05, 0.1) is 6.61 Å². The van der Waals surface area contributed by atoms with Crippen LogP contribution in [-0.4, -0.2) is 22.6 Å². The first-order valence-electron chi connectivity index (χ1n) is 7.80. The average Bonchev–Trinajstić information content (AvgIpc) is 2.49. The summed E-state index contributed by atoms with van der Waals surface area (Å²) in [5.41, 5.74) is 6.70. The van der Waals surface area contributed by atoms with Gasteiger partial charge in [0.15, 0.2) is 5.82 Å². The first kappa shape index (κ1) is 14.9. The van der Waals surface area contributed by atoms with Crippen LogP contribution >= 0.6 is 0 Å². The summed E-state index contributed by atoms with van der Waals surface area (Å²) in [4.78, 5) is 8.91. The van der Waals surface area contributed by atoms with E-state index in [0.717, 1.165) is 24.5 Å². The number of hydrogen-bond donors (Lipinski definition) is 2. The fourth-order valence-electron chi connectivity index (χ4n) is 2.51. The van der Waals surface area contributed by atoms with Crippen molar-refractivity contribution in [1.29, 1.82) is 0 Å². The normalized spacial score (nSPS) is 16.1. The largest absolute Gasteiger partial charge is 0.476 e. The summed E-state index contributed by atoms with van der Waals surface area (Å²) in [6.45, 7) is 4.74. The van der Waals surface area contributed by atoms with E-state index in [4.69, 9.17) is 10.5 Å². The third-order valence-electron chi connectivity index (χ3n) is 3.66. The summed E-state index contributed by atoms with van der Waals surface area (Å²) in [6.07, 6.45) is 8.00. The van der Waals surface area contributed by atoms with E-state index in [1.165, 1.54) is 32.1 Å². The molecule has 20 heavy (non-hydrogen) atoms. The van der Waals surface area contributed by atoms with Gasteiger partial charge in [0.25, 0.3) is 0 Å². The van der Waals surface area contributed by atoms with Crippen molar-refractivity contribution in [2.75, 3.05) is 17.7 Å². The van der Waals surface area contributed by atoms with Crippen molar-refractivity contribution in [3.05, 3.63) is 5.82 Å². The lowest BCUT2D eigenvalue weighted by Gasteiger charge is -2.24. The molecule has 1 heterocycles. The van der Waals surface area contributed by atoms with Crippen LogP contribution in [0.25, 0.3) is 0 Å². The van der Waals surface area contributed by atoms with Gasteiger partial charge < -0.3 is 15.8 Å². The Morgan fingerprint density at radius 1 is 1.20 bits per heavy atom. The summed E-state index contributed by atoms with van der Waals surface area (Å²) in [5, 5.41) is 3.48. The molecule has 0 aromatic carbocycles. The number of aryl methyl sites for hydroxylation is 1. The van der Waals surface area contributed by atoms with E-state index in [1.807, 2.05) is 6.92 Å². The lowest BCUT2D eigenvalue weighted by molar-refractivity contribution is 0.305. The molecule has 1 aliphatic rings. The highest BCUT2D eigenvalue weighted by Gasteiger charge is 2.18. The minimum Gasteiger partial charge on any atom is -0.476 e. The molecule has 2 rings (SSSR count). The van der Waals surface area contributed by atoms with Gasteiger partial charge in [-0.3, -0.25) is 0 Å². The van der Waals surface area contributed by atoms with E-state index in [2.05, 4.69) is 22.2 Å². The highest BCUT2D eigenvalue weighted by Crippen LogP contribution is 2.29. The van der Waals surface area contributed by atoms with Crippen LogP contribution in [0.1, 0.15) is 58.2 Å². The number of nitrogens with one attached hydrogen (secondary N) is 1. The molecule has 112 valence electrons. The summed E-state index contributed by atoms with van der Waals surface area (Å²) >= 11 is 0. The van der Waals surface area contributed by atoms with Gasteiger partial charge >= 0.3 is 0 Å². The third kappa shape index (κ3) is 3.74. The molecular weight excluding hydrogens is 252 g/mol. The second-order valence-electron chi connectivity index (χ2n) is 5.39. The molecule has 0 spiro atoms. The Morgan fingerprint density at radius 3 is 2.60 bits per heavy atom. The smallest absolute Gasteiger partial charge is 0.242 e. The van der Waals surface area contributed by atoms with E-state index in [-0.39, 0.29) is 0 Å². The number of hydrogen-bond acceptors (Lipinski definition) is 5. The van der Waals surface area contributed by atoms with Crippen molar-refractivity contribution >= 4 is 11.5 Å². The summed E-state index contributed by atoms with van der Waals surface area (Å²) < 4.78 is 5.64. The fraction of sp³-hybridized carbons (Fsp3) is 0.733. The number of anilines is 2. The number of rotatable bonds is 6. The molecule has 5 nitrogen and oxygen atoms in total. The van der Waals surface area contributed by atoms with Gasteiger partial charge in [-0.15, -0.1) is 0 Å². The molecule has 0 bridgehead atoms. The maximum absolute atomic E-state index is 6.15. The number of aromatic nitrogens is 2. The van der Waals surface area contributed by atoms with Crippen LogP contribution in [0.15, 0.2) is 0 Å². The van der Waals surface area contributed by atoms with Crippen molar-refractivity contribution in [2.24, 2.45) is 0 Å². The van der Waals surface area contributed by atoms with Crippen LogP contribution in [-0.2, 0) is 6.42 Å². The maximum atomic E-state index is 6.15. The molecule has 0 radical (unpaired) electrons. The van der Waals surface area contributed by atoms with E-state index in [9.17, 15) is 0 Å². The predicted octanol–water partition coefficient (Wildman–Crippen LogP) is 3.15. The maximum Gasteiger partial charge on any atom is 0.242 e. The number of nitrogens with zero attached hydrogens (tertiary/aromatic N) is 2. The summed E-state index contributed by atoms with van der Waals surface area (Å²) in [5.74, 6) is 2.05. The van der Waals surface area contributed by atoms with E-state index >= 15 is 0 Å². The molecule has 5 heteroatoms. The highest BCUT2D eigenvalue weighted by molar-refractivity contribution is 5.67. The second-order valence-corrected chi connectivity index (χ2v) is 5.39. The van der Waals surface area contributed by atoms with Gasteiger partial charge in [-0.05, 0) is 19.3 Å². The van der Waals surface area contributed by atoms with Gasteiger partial charge in [-0.25, -0.2) is 4.98 Å². The molecule has 0 aliphatic heterocycles. The Hall–Kier alpha value is -1.52. The van der Waals surface area contributed by atoms with Gasteiger partial charge in [-0.2, -0.15) is 4.98 Å². The van der Waals surface area contributed by atoms with Crippen LogP contribution in [0.5, 0.6) is 5.88 Å². The standard InChI is InChI=1S/C15H26N4O/c1-3-10-20-15-13(16)14(18-12(4-2)19-15)17-11-8-6-5-7-9-11/h11H,3-10,16H2,1-2H3,(H,17,18,19). The minimum absolute atomic E-state index is 0.477. The average molecular weight is 278 g/mol. The number of nitrogens with two attached hydrogens (primary N) is 1. The zero-order valence-electron chi connectivity index (χ0n) is 12.6. The van der Waals surface area contributed by atoms with E-state index in [1.54, 1.807) is 0 Å². The third-order valence-corrected chi connectivity index (χ3v) is 3.66. The molecule has 0 atom stereocenters. The van der Waals surface area contributed by atoms with Crippen molar-refractivity contribution in [3.63, 3.8) is 0 Å². The van der Waals surface area contributed by atoms with E-state index < -0.39 is 0 Å². The second kappa shape index (κ2) is 7.31. The van der Waals surface area contributed by atoms with Crippen molar-refractivity contribution < 1.29 is 4.74 Å². The quantitative estimate of drug-likeness (QED) is 0.836. The Kier molecular flexibility index (Phi) is 5.44. The highest BCUT2D eigenvalue weighted by atomic mass is 16.5. The lowest BCUT2D eigenvalue weighted by atomic mass is 9.95. The molecule has 0 unspecified atom stereocenters. The fourth-order valence-corrected chi connectivity index (χ4v) is 2.51. The predicted molar refractivity (Wildman–Crippen MR) is 82.1 cm³/mol. The SMILES string of the molecule is CCCOc1nc(CC)nc(NC2CCCCC2)c1N. The van der Waals surface area contributed by atoms with Gasteiger partial charge in [0.1, 0.15) is 11.5 Å². The first-order valence-corrected chi connectivity index (χ1v) is 7.80. The lowest BCUT2D eigenvalue weighted by Crippen LogP contribution is -2.24. The Balaban J connectivity index is 2.16. The summed E-state index contributed by atoms with van der Waals surface area (Å²) in [7, 11) is 0. The number of nitrogen functional groups attached to an aromatic ring is 1. The van der Waals surface area contributed by atoms with E-state index in [0.29, 0.717) is 24.2 Å². The van der Waals surface area contributed by atoms with Crippen molar-refractivity contribution in [3.8, 4) is 5.88 Å². The van der Waals surface area contributed by atoms with Crippen LogP contribution in [0.4, 0.5) is 11.5 Å². The first-order chi connectivity index (χ1) is 9.74. The Labute approximate surface area is 121 Å². The topological polar surface area (TPSA) is 73.1 Å². The van der Waals surface area contributed by atoms with Gasteiger partial charge in [0.2, 0.25) is 5.88 Å². The van der Waals surface area contributed by atoms with Gasteiger partial charge in [-0.1, -0.05) is 33.1 Å². The minimum atomic E-state index is 0.477. The molecular formula is C15H26N4O. The van der Waals surface area contributed by atoms with Crippen LogP contribution in [0.2, 0.25) is 0 Å². The molecule has 3 N–H and O–H groups in total. The Morgan fingerprint density at radius 2 is 1.95 bits per heavy atom. The molecule has 1 fully saturated rings. The molecule has 1 saturated carbocycles. The Bertz CT molecular complexity index is 430. The summed E-state index contributed by atoms with van der Waals surface area (Å²) in [6, 6.07) is 0.477. The zero-order valence-corrected chi connectivity index (χ0v) is 12.6. The monoisotopic (exact) mass is 278 g/mol. The van der Waals surface area contributed by atoms with Crippen LogP contribution < -0.4 is 15.8 Å². The molecule has 1 aromatic rings. The van der Waals surface area contributed by atoms with Crippen molar-refractivity contribution in [1.82, 2.24) is 9.97 Å². The van der Waals surface area contributed by atoms with Crippen molar-refractivity contribution in [2.45, 2.75) is 64.8 Å². The zero-order chi connectivity index (χ0) is 14.4. The van der Waals surface area contributed by atoms with Gasteiger partial charge in [0, 0.05) is 12.5 Å². The molecule has 1 aromatic heterocycles. The number of ether oxygens (including phenoxy) is 1. The van der Waals surface area contributed by atoms with Crippen LogP contribution in [0.3, 0.4) is 0 Å². The van der Waals surface area contributed by atoms with Crippen LogP contribution in [0, 0.1) is 0 Å². The molecule has 0 amide bonds.